The molecule has 0 fully saturated rings. The number of nitrogens with zero attached hydrogens (tertiary/aromatic N) is 2. The Kier molecular flexibility index (Phi) is 3.57. The molecule has 7 rings (SSSR count). The van der Waals surface area contributed by atoms with E-state index >= 15 is 0 Å². The number of rotatable bonds is 1. The summed E-state index contributed by atoms with van der Waals surface area (Å²) in [6.07, 6.45) is 2.22. The van der Waals surface area contributed by atoms with E-state index in [1.807, 2.05) is 0 Å². The Bertz CT molecular complexity index is 1890. The second kappa shape index (κ2) is 6.32. The first-order chi connectivity index (χ1) is 16.0. The summed E-state index contributed by atoms with van der Waals surface area (Å²) < 4.78 is 4.85. The summed E-state index contributed by atoms with van der Waals surface area (Å²) >= 11 is 0. The van der Waals surface area contributed by atoms with Crippen LogP contribution in [0.3, 0.4) is 0 Å². The summed E-state index contributed by atoms with van der Waals surface area (Å²) in [5, 5.41) is 6.67. The summed E-state index contributed by atoms with van der Waals surface area (Å²) in [5.74, 6) is 0. The van der Waals surface area contributed by atoms with Gasteiger partial charge in [-0.1, -0.05) is 48.5 Å². The quantitative estimate of drug-likeness (QED) is 0.147. The number of hydrogen-bond donors (Lipinski definition) is 0. The Labute approximate surface area is 192 Å². The van der Waals surface area contributed by atoms with Crippen LogP contribution < -0.4 is 4.57 Å². The van der Waals surface area contributed by atoms with Gasteiger partial charge in [-0.25, -0.2) is 4.57 Å². The highest BCUT2D eigenvalue weighted by molar-refractivity contribution is 6.26. The van der Waals surface area contributed by atoms with Crippen molar-refractivity contribution in [1.29, 1.82) is 0 Å². The average molecular weight is 426 g/mol. The van der Waals surface area contributed by atoms with Gasteiger partial charge in [-0.2, -0.15) is 0 Å². The third kappa shape index (κ3) is 2.30. The first-order valence-electron chi connectivity index (χ1n) is 11.6. The molecule has 0 amide bonds. The summed E-state index contributed by atoms with van der Waals surface area (Å²) in [7, 11) is 2.18. The van der Waals surface area contributed by atoms with E-state index in [0.29, 0.717) is 0 Å². The van der Waals surface area contributed by atoms with E-state index in [1.165, 1.54) is 76.8 Å². The molecule has 158 valence electrons. The highest BCUT2D eigenvalue weighted by Gasteiger charge is 2.25. The zero-order valence-corrected chi connectivity index (χ0v) is 19.4. The Hall–Kier alpha value is -3.91. The molecule has 0 atom stereocenters. The third-order valence-electron chi connectivity index (χ3n) is 7.59. The van der Waals surface area contributed by atoms with Crippen LogP contribution in [0, 0.1) is 20.8 Å². The minimum atomic E-state index is 1.25. The fourth-order valence-corrected chi connectivity index (χ4v) is 5.91. The van der Waals surface area contributed by atoms with Gasteiger partial charge in [0.15, 0.2) is 6.20 Å². The molecule has 0 aliphatic carbocycles. The van der Waals surface area contributed by atoms with Crippen LogP contribution in [0.5, 0.6) is 0 Å². The molecule has 3 aromatic heterocycles. The summed E-state index contributed by atoms with van der Waals surface area (Å²) in [6.45, 7) is 6.77. The van der Waals surface area contributed by atoms with Gasteiger partial charge in [-0.15, -0.1) is 0 Å². The standard InChI is InChI=1S/C31H25N2/c1-18-9-8-12-24-25-15-19(2)20(3)27-30(25)33(29(18)24)26-17-23(21-10-6-5-7-11-21)16-22-13-14-32(4)31(27)28(22)26/h5-17H,1-4H3/q+1. The molecule has 0 unspecified atom stereocenters. The zero-order chi connectivity index (χ0) is 22.4. The fraction of sp³-hybridized carbons (Fsp3) is 0.129. The second-order valence-electron chi connectivity index (χ2n) is 9.50. The first-order valence-corrected chi connectivity index (χ1v) is 11.6. The molecule has 7 aromatic rings. The van der Waals surface area contributed by atoms with E-state index in [4.69, 9.17) is 0 Å². The van der Waals surface area contributed by atoms with Gasteiger partial charge in [0.1, 0.15) is 7.05 Å². The lowest BCUT2D eigenvalue weighted by atomic mass is 9.94. The number of benzene rings is 4. The van der Waals surface area contributed by atoms with Crippen molar-refractivity contribution >= 4 is 49.0 Å². The Morgan fingerprint density at radius 1 is 0.667 bits per heavy atom. The maximum absolute atomic E-state index is 2.55. The normalized spacial score (nSPS) is 12.2. The van der Waals surface area contributed by atoms with Crippen LogP contribution in [0.4, 0.5) is 0 Å². The lowest BCUT2D eigenvalue weighted by molar-refractivity contribution is -0.643. The summed E-state index contributed by atoms with van der Waals surface area (Å²) in [6, 6.07) is 26.8. The van der Waals surface area contributed by atoms with Gasteiger partial charge in [0, 0.05) is 16.8 Å². The van der Waals surface area contributed by atoms with E-state index in [9.17, 15) is 0 Å². The van der Waals surface area contributed by atoms with Crippen molar-refractivity contribution in [3.63, 3.8) is 0 Å². The third-order valence-corrected chi connectivity index (χ3v) is 7.59. The largest absolute Gasteiger partial charge is 0.307 e. The van der Waals surface area contributed by atoms with Gasteiger partial charge in [0.2, 0.25) is 5.52 Å². The molecule has 0 radical (unpaired) electrons. The van der Waals surface area contributed by atoms with Crippen molar-refractivity contribution in [2.24, 2.45) is 7.05 Å². The van der Waals surface area contributed by atoms with Gasteiger partial charge in [0.05, 0.1) is 27.3 Å². The maximum atomic E-state index is 2.55. The van der Waals surface area contributed by atoms with Crippen molar-refractivity contribution < 1.29 is 4.57 Å². The second-order valence-corrected chi connectivity index (χ2v) is 9.50. The van der Waals surface area contributed by atoms with E-state index in [2.05, 4.69) is 116 Å². The van der Waals surface area contributed by atoms with E-state index in [1.54, 1.807) is 0 Å². The van der Waals surface area contributed by atoms with Crippen molar-refractivity contribution in [3.8, 4) is 11.1 Å². The lowest BCUT2D eigenvalue weighted by Crippen LogP contribution is -2.29. The van der Waals surface area contributed by atoms with E-state index in [0.717, 1.165) is 0 Å². The molecule has 2 nitrogen and oxygen atoms in total. The lowest BCUT2D eigenvalue weighted by Gasteiger charge is -2.15. The minimum absolute atomic E-state index is 1.25. The van der Waals surface area contributed by atoms with Crippen LogP contribution in [-0.4, -0.2) is 4.40 Å². The fourth-order valence-electron chi connectivity index (χ4n) is 5.91. The zero-order valence-electron chi connectivity index (χ0n) is 19.4. The molecule has 2 heteroatoms. The predicted molar refractivity (Wildman–Crippen MR) is 139 cm³/mol. The van der Waals surface area contributed by atoms with Gasteiger partial charge < -0.3 is 4.40 Å². The highest BCUT2D eigenvalue weighted by Crippen LogP contribution is 2.43. The first kappa shape index (κ1) is 18.6. The molecule has 0 aliphatic heterocycles. The molecule has 0 N–H and O–H groups in total. The van der Waals surface area contributed by atoms with Crippen molar-refractivity contribution in [1.82, 2.24) is 4.40 Å². The number of aryl methyl sites for hydroxylation is 4. The molecule has 4 aromatic carbocycles. The van der Waals surface area contributed by atoms with Gasteiger partial charge in [0.25, 0.3) is 0 Å². The van der Waals surface area contributed by atoms with Crippen molar-refractivity contribution in [2.45, 2.75) is 20.8 Å². The monoisotopic (exact) mass is 425 g/mol. The predicted octanol–water partition coefficient (Wildman–Crippen LogP) is 7.41. The van der Waals surface area contributed by atoms with E-state index < -0.39 is 0 Å². The molecule has 0 spiro atoms. The molecular formula is C31H25N2+. The maximum Gasteiger partial charge on any atom is 0.224 e. The Morgan fingerprint density at radius 2 is 1.48 bits per heavy atom. The molecular weight excluding hydrogens is 400 g/mol. The topological polar surface area (TPSA) is 8.29 Å². The molecule has 0 aliphatic rings. The summed E-state index contributed by atoms with van der Waals surface area (Å²) in [4.78, 5) is 0. The number of aromatic nitrogens is 2. The summed E-state index contributed by atoms with van der Waals surface area (Å²) in [5.41, 5.74) is 11.8. The molecule has 3 heterocycles. The number of hydrogen-bond acceptors (Lipinski definition) is 0. The average Bonchev–Trinajstić information content (AvgIpc) is 3.16. The molecule has 0 bridgehead atoms. The van der Waals surface area contributed by atoms with Gasteiger partial charge in [-0.05, 0) is 72.2 Å². The smallest absolute Gasteiger partial charge is 0.224 e. The van der Waals surface area contributed by atoms with Crippen LogP contribution in [0.15, 0.2) is 79.0 Å². The van der Waals surface area contributed by atoms with Crippen molar-refractivity contribution in [2.75, 3.05) is 0 Å². The van der Waals surface area contributed by atoms with Crippen LogP contribution in [0.25, 0.3) is 60.1 Å². The molecule has 0 saturated heterocycles. The number of para-hydroxylation sites is 1. The SMILES string of the molecule is Cc1cc2c3cccc(C)c3n3c4cc(-c5ccccc5)cc5cc[n+](C)c(c(c1C)c23)c54. The molecule has 0 saturated carbocycles. The minimum Gasteiger partial charge on any atom is -0.307 e. The Balaban J connectivity index is 1.88. The van der Waals surface area contributed by atoms with Crippen molar-refractivity contribution in [3.05, 3.63) is 95.7 Å². The highest BCUT2D eigenvalue weighted by atomic mass is 15.0. The van der Waals surface area contributed by atoms with E-state index in [-0.39, 0.29) is 0 Å². The molecule has 33 heavy (non-hydrogen) atoms. The number of pyridine rings is 2. The number of fused-ring (bicyclic) bond motifs is 5. The Morgan fingerprint density at radius 3 is 2.30 bits per heavy atom. The van der Waals surface area contributed by atoms with Crippen LogP contribution in [0.1, 0.15) is 16.7 Å². The van der Waals surface area contributed by atoms with Crippen LogP contribution in [-0.2, 0) is 7.05 Å². The van der Waals surface area contributed by atoms with Gasteiger partial charge >= 0.3 is 0 Å². The van der Waals surface area contributed by atoms with Crippen LogP contribution in [0.2, 0.25) is 0 Å². The van der Waals surface area contributed by atoms with Crippen LogP contribution >= 0.6 is 0 Å². The van der Waals surface area contributed by atoms with Gasteiger partial charge in [-0.3, -0.25) is 0 Å².